The van der Waals surface area contributed by atoms with E-state index in [1.54, 1.807) is 11.3 Å². The number of ketones is 1. The smallest absolute Gasteiger partial charge is 0.162 e. The number of fused-ring (bicyclic) bond motifs is 4. The Morgan fingerprint density at radius 2 is 1.49 bits per heavy atom. The maximum Gasteiger partial charge on any atom is 0.162 e. The number of benzene rings is 3. The van der Waals surface area contributed by atoms with E-state index >= 15 is 0 Å². The van der Waals surface area contributed by atoms with Crippen LogP contribution in [0.4, 0.5) is 0 Å². The summed E-state index contributed by atoms with van der Waals surface area (Å²) < 4.78 is 1.24. The third kappa shape index (κ3) is 7.81. The van der Waals surface area contributed by atoms with Gasteiger partial charge in [0.15, 0.2) is 5.78 Å². The Morgan fingerprint density at radius 1 is 0.884 bits per heavy atom. The largest absolute Gasteiger partial charge is 0.512 e. The molecule has 0 saturated heterocycles. The Labute approximate surface area is 274 Å². The molecule has 0 saturated carbocycles. The minimum Gasteiger partial charge on any atom is -0.512 e. The summed E-state index contributed by atoms with van der Waals surface area (Å²) in [4.78, 5) is 16.8. The number of thiophene rings is 1. The standard InChI is InChI=1S/C25H20NS.C13H24O2.Ir/c1-25(2,3)21-15-17(14-16-8-4-5-9-18(16)21)23-24-20(12-13-27-24)19-10-6-7-11-22(19)26-23;1-5-10(6-2)12(14)9-13(15)11(7-3)8-4;/h4-13,15H,1-3H3;9-11,14H,5-8H2,1-4H3;/q-1;;/b;12-9-;. The number of carbonyl (C=O) groups is 1. The zero-order valence-corrected chi connectivity index (χ0v) is 29.7. The molecule has 5 aromatic rings. The van der Waals surface area contributed by atoms with Crippen molar-refractivity contribution in [2.24, 2.45) is 11.8 Å². The molecule has 229 valence electrons. The summed E-state index contributed by atoms with van der Waals surface area (Å²) in [5.74, 6) is 0.547. The number of pyridine rings is 1. The molecule has 43 heavy (non-hydrogen) atoms. The van der Waals surface area contributed by atoms with Gasteiger partial charge in [-0.05, 0) is 54.0 Å². The number of para-hydroxylation sites is 1. The van der Waals surface area contributed by atoms with Crippen LogP contribution in [-0.2, 0) is 30.3 Å². The van der Waals surface area contributed by atoms with Crippen molar-refractivity contribution in [2.75, 3.05) is 0 Å². The summed E-state index contributed by atoms with van der Waals surface area (Å²) in [6.45, 7) is 14.9. The van der Waals surface area contributed by atoms with E-state index in [0.29, 0.717) is 0 Å². The van der Waals surface area contributed by atoms with Crippen LogP contribution in [0.25, 0.3) is 43.0 Å². The SMILES string of the molecule is CC(C)(C)c1cc(-c2nc3ccccc3c3ccsc23)[c-]c2ccccc12.CCC(CC)C(=O)/C=C(\O)C(CC)CC.[Ir]. The number of hydrogen-bond acceptors (Lipinski definition) is 4. The number of aliphatic hydroxyl groups is 1. The Balaban J connectivity index is 0.000000274. The first-order valence-electron chi connectivity index (χ1n) is 15.3. The van der Waals surface area contributed by atoms with Crippen LogP contribution in [0, 0.1) is 17.9 Å². The van der Waals surface area contributed by atoms with Crippen molar-refractivity contribution in [1.29, 1.82) is 0 Å². The third-order valence-corrected chi connectivity index (χ3v) is 9.15. The molecule has 0 aliphatic heterocycles. The van der Waals surface area contributed by atoms with E-state index in [-0.39, 0.29) is 48.9 Å². The Kier molecular flexibility index (Phi) is 12.3. The molecule has 3 aromatic carbocycles. The van der Waals surface area contributed by atoms with Crippen molar-refractivity contribution in [3.8, 4) is 11.3 Å². The van der Waals surface area contributed by atoms with Crippen molar-refractivity contribution in [1.82, 2.24) is 4.98 Å². The maximum atomic E-state index is 11.7. The minimum atomic E-state index is 0. The molecule has 3 nitrogen and oxygen atoms in total. The number of allylic oxidation sites excluding steroid dienone is 2. The van der Waals surface area contributed by atoms with Gasteiger partial charge in [0.25, 0.3) is 0 Å². The molecule has 0 atom stereocenters. The molecule has 5 heteroatoms. The zero-order chi connectivity index (χ0) is 30.4. The van der Waals surface area contributed by atoms with Crippen LogP contribution >= 0.6 is 11.3 Å². The number of aromatic nitrogens is 1. The van der Waals surface area contributed by atoms with E-state index in [9.17, 15) is 9.90 Å². The van der Waals surface area contributed by atoms with Gasteiger partial charge < -0.3 is 5.11 Å². The second kappa shape index (κ2) is 15.2. The van der Waals surface area contributed by atoms with Gasteiger partial charge in [-0.2, -0.15) is 0 Å². The molecule has 1 N–H and O–H groups in total. The second-order valence-electron chi connectivity index (χ2n) is 12.0. The molecule has 0 spiro atoms. The fraction of sp³-hybridized carbons (Fsp3) is 0.368. The van der Waals surface area contributed by atoms with Crippen LogP contribution in [0.15, 0.2) is 77.9 Å². The van der Waals surface area contributed by atoms with Crippen molar-refractivity contribution >= 4 is 48.9 Å². The first kappa shape index (κ1) is 34.6. The van der Waals surface area contributed by atoms with Crippen LogP contribution in [0.2, 0.25) is 0 Å². The molecule has 2 aromatic heterocycles. The average Bonchev–Trinajstić information content (AvgIpc) is 3.48. The van der Waals surface area contributed by atoms with Gasteiger partial charge in [-0.25, -0.2) is 0 Å². The van der Waals surface area contributed by atoms with Gasteiger partial charge >= 0.3 is 0 Å². The normalized spacial score (nSPS) is 12.1. The second-order valence-corrected chi connectivity index (χ2v) is 12.9. The van der Waals surface area contributed by atoms with Gasteiger partial charge in [-0.3, -0.25) is 9.78 Å². The predicted octanol–water partition coefficient (Wildman–Crippen LogP) is 11.2. The average molecular weight is 771 g/mol. The van der Waals surface area contributed by atoms with Gasteiger partial charge in [0.05, 0.1) is 11.3 Å². The molecular weight excluding hydrogens is 727 g/mol. The Morgan fingerprint density at radius 3 is 2.12 bits per heavy atom. The molecule has 0 aliphatic rings. The Hall–Kier alpha value is -2.85. The summed E-state index contributed by atoms with van der Waals surface area (Å²) in [5, 5.41) is 16.8. The summed E-state index contributed by atoms with van der Waals surface area (Å²) in [7, 11) is 0. The molecule has 2 heterocycles. The number of nitrogens with zero attached hydrogens (tertiary/aromatic N) is 1. The van der Waals surface area contributed by atoms with Crippen LogP contribution in [-0.4, -0.2) is 15.9 Å². The molecule has 0 aliphatic carbocycles. The minimum absolute atomic E-state index is 0. The van der Waals surface area contributed by atoms with Gasteiger partial charge in [-0.15, -0.1) is 40.5 Å². The fourth-order valence-corrected chi connectivity index (χ4v) is 6.53. The number of hydrogen-bond donors (Lipinski definition) is 1. The first-order valence-corrected chi connectivity index (χ1v) is 16.2. The topological polar surface area (TPSA) is 50.2 Å². The summed E-state index contributed by atoms with van der Waals surface area (Å²) >= 11 is 1.76. The fourth-order valence-electron chi connectivity index (χ4n) is 5.62. The molecular formula is C38H44IrNO2S-. The predicted molar refractivity (Wildman–Crippen MR) is 181 cm³/mol. The number of rotatable bonds is 8. The zero-order valence-electron chi connectivity index (χ0n) is 26.5. The molecule has 1 radical (unpaired) electrons. The monoisotopic (exact) mass is 771 g/mol. The quantitative estimate of drug-likeness (QED) is 0.0971. The van der Waals surface area contributed by atoms with Crippen molar-refractivity contribution in [2.45, 2.75) is 79.6 Å². The molecule has 5 rings (SSSR count). The maximum absolute atomic E-state index is 11.7. The van der Waals surface area contributed by atoms with Crippen LogP contribution < -0.4 is 0 Å². The van der Waals surface area contributed by atoms with E-state index in [1.807, 2.05) is 27.7 Å². The van der Waals surface area contributed by atoms with E-state index < -0.39 is 0 Å². The Bertz CT molecular complexity index is 1700. The van der Waals surface area contributed by atoms with Crippen molar-refractivity contribution < 1.29 is 30.0 Å². The van der Waals surface area contributed by atoms with Gasteiger partial charge in [0, 0.05) is 53.8 Å². The van der Waals surface area contributed by atoms with E-state index in [2.05, 4.69) is 92.9 Å². The number of aliphatic hydroxyl groups excluding tert-OH is 1. The molecule has 0 unspecified atom stereocenters. The number of carbonyl (C=O) groups excluding carboxylic acids is 1. The van der Waals surface area contributed by atoms with Crippen molar-refractivity contribution in [3.05, 3.63) is 89.5 Å². The van der Waals surface area contributed by atoms with Gasteiger partial charge in [0.1, 0.15) is 0 Å². The van der Waals surface area contributed by atoms with Crippen LogP contribution in [0.1, 0.15) is 79.7 Å². The van der Waals surface area contributed by atoms with Crippen LogP contribution in [0.3, 0.4) is 0 Å². The molecule has 0 bridgehead atoms. The van der Waals surface area contributed by atoms with E-state index in [0.717, 1.165) is 47.8 Å². The third-order valence-electron chi connectivity index (χ3n) is 8.23. The summed E-state index contributed by atoms with van der Waals surface area (Å²) in [5.41, 5.74) is 4.55. The van der Waals surface area contributed by atoms with Gasteiger partial charge in [0.2, 0.25) is 0 Å². The van der Waals surface area contributed by atoms with Crippen LogP contribution in [0.5, 0.6) is 0 Å². The molecule has 0 amide bonds. The molecule has 0 fully saturated rings. The summed E-state index contributed by atoms with van der Waals surface area (Å²) in [6, 6.07) is 25.1. The van der Waals surface area contributed by atoms with Gasteiger partial charge in [-0.1, -0.05) is 95.8 Å². The summed E-state index contributed by atoms with van der Waals surface area (Å²) in [6.07, 6.45) is 4.91. The van der Waals surface area contributed by atoms with E-state index in [4.69, 9.17) is 4.98 Å². The van der Waals surface area contributed by atoms with E-state index in [1.165, 1.54) is 32.5 Å². The van der Waals surface area contributed by atoms with Crippen molar-refractivity contribution in [3.63, 3.8) is 0 Å². The first-order chi connectivity index (χ1) is 20.1.